The maximum Gasteiger partial charge on any atom is 0.323 e. The molecule has 1 fully saturated rings. The Morgan fingerprint density at radius 3 is 2.71 bits per heavy atom. The Morgan fingerprint density at radius 2 is 2.00 bits per heavy atom. The van der Waals surface area contributed by atoms with Crippen LogP contribution in [0.2, 0.25) is 0 Å². The summed E-state index contributed by atoms with van der Waals surface area (Å²) in [6.07, 6.45) is 2.68. The number of imidazole rings is 1. The quantitative estimate of drug-likeness (QED) is 0.761. The van der Waals surface area contributed by atoms with E-state index in [0.717, 1.165) is 23.6 Å². The number of H-pyrrole nitrogens is 2. The average Bonchev–Trinajstić information content (AvgIpc) is 3.24. The Bertz CT molecular complexity index is 670. The van der Waals surface area contributed by atoms with Gasteiger partial charge in [-0.05, 0) is 51.4 Å². The molecule has 2 unspecified atom stereocenters. The number of benzene rings is 1. The van der Waals surface area contributed by atoms with E-state index in [1.54, 1.807) is 0 Å². The smallest absolute Gasteiger partial charge is 0.309 e. The fourth-order valence-corrected chi connectivity index (χ4v) is 2.77. The summed E-state index contributed by atoms with van der Waals surface area (Å²) in [6, 6.07) is 7.66. The second-order valence-electron chi connectivity index (χ2n) is 6.26. The normalized spacial score (nSPS) is 18.3. The van der Waals surface area contributed by atoms with E-state index in [2.05, 4.69) is 47.1 Å². The van der Waals surface area contributed by atoms with Crippen LogP contribution in [0, 0.1) is 0 Å². The van der Waals surface area contributed by atoms with Crippen LogP contribution in [-0.2, 0) is 0 Å². The lowest BCUT2D eigenvalue weighted by Crippen LogP contribution is -2.39. The molecule has 114 valence electrons. The van der Waals surface area contributed by atoms with Gasteiger partial charge in [0.25, 0.3) is 0 Å². The van der Waals surface area contributed by atoms with Crippen molar-refractivity contribution in [3.8, 4) is 0 Å². The monoisotopic (exact) mass is 288 g/mol. The van der Waals surface area contributed by atoms with Gasteiger partial charge >= 0.3 is 5.69 Å². The highest BCUT2D eigenvalue weighted by Gasteiger charge is 2.29. The maximum absolute atomic E-state index is 11.3. The predicted molar refractivity (Wildman–Crippen MR) is 85.6 cm³/mol. The molecule has 2 atom stereocenters. The van der Waals surface area contributed by atoms with Crippen molar-refractivity contribution in [2.75, 3.05) is 13.6 Å². The Morgan fingerprint density at radius 1 is 1.29 bits per heavy atom. The number of fused-ring (bicyclic) bond motifs is 1. The fourth-order valence-electron chi connectivity index (χ4n) is 2.77. The third-order valence-electron chi connectivity index (χ3n) is 4.58. The second-order valence-corrected chi connectivity index (χ2v) is 6.26. The highest BCUT2D eigenvalue weighted by atomic mass is 16.1. The number of nitrogens with one attached hydrogen (secondary N) is 3. The summed E-state index contributed by atoms with van der Waals surface area (Å²) in [4.78, 5) is 19.3. The Balaban J connectivity index is 1.62. The van der Waals surface area contributed by atoms with E-state index < -0.39 is 0 Å². The van der Waals surface area contributed by atoms with Crippen molar-refractivity contribution in [2.24, 2.45) is 0 Å². The number of aromatic amines is 2. The third kappa shape index (κ3) is 3.19. The number of hydrogen-bond acceptors (Lipinski definition) is 3. The molecule has 1 saturated carbocycles. The summed E-state index contributed by atoms with van der Waals surface area (Å²) in [6.45, 7) is 5.40. The molecule has 2 aromatic rings. The molecule has 5 heteroatoms. The first-order chi connectivity index (χ1) is 10.0. The minimum atomic E-state index is -0.151. The van der Waals surface area contributed by atoms with Crippen LogP contribution in [0.15, 0.2) is 23.0 Å². The van der Waals surface area contributed by atoms with Crippen molar-refractivity contribution in [1.82, 2.24) is 20.2 Å². The lowest BCUT2D eigenvalue weighted by molar-refractivity contribution is 0.237. The summed E-state index contributed by atoms with van der Waals surface area (Å²) >= 11 is 0. The molecular formula is C16H24N4O. The van der Waals surface area contributed by atoms with Gasteiger partial charge in [0.1, 0.15) is 0 Å². The first-order valence-corrected chi connectivity index (χ1v) is 7.72. The molecule has 0 aliphatic heterocycles. The zero-order valence-electron chi connectivity index (χ0n) is 12.9. The molecule has 0 spiro atoms. The molecule has 0 amide bonds. The fraction of sp³-hybridized carbons (Fsp3) is 0.562. The van der Waals surface area contributed by atoms with E-state index in [0.29, 0.717) is 6.04 Å². The number of rotatable bonds is 6. The van der Waals surface area contributed by atoms with Gasteiger partial charge in [-0.1, -0.05) is 6.07 Å². The van der Waals surface area contributed by atoms with Crippen LogP contribution in [0.25, 0.3) is 11.0 Å². The first kappa shape index (κ1) is 14.4. The third-order valence-corrected chi connectivity index (χ3v) is 4.58. The minimum absolute atomic E-state index is 0.151. The molecule has 1 aromatic heterocycles. The molecular weight excluding hydrogens is 264 g/mol. The number of likely N-dealkylation sites (N-methyl/N-ethyl adjacent to an activating group) is 1. The average molecular weight is 288 g/mol. The van der Waals surface area contributed by atoms with Crippen LogP contribution in [0.4, 0.5) is 0 Å². The summed E-state index contributed by atoms with van der Waals surface area (Å²) in [7, 11) is 2.21. The van der Waals surface area contributed by atoms with E-state index >= 15 is 0 Å². The van der Waals surface area contributed by atoms with Crippen LogP contribution < -0.4 is 11.0 Å². The van der Waals surface area contributed by atoms with Crippen molar-refractivity contribution < 1.29 is 0 Å². The van der Waals surface area contributed by atoms with E-state index in [9.17, 15) is 4.79 Å². The molecule has 0 bridgehead atoms. The van der Waals surface area contributed by atoms with E-state index in [1.165, 1.54) is 18.4 Å². The molecule has 21 heavy (non-hydrogen) atoms. The number of aromatic nitrogens is 2. The Labute approximate surface area is 124 Å². The van der Waals surface area contributed by atoms with E-state index in [1.807, 2.05) is 12.1 Å². The minimum Gasteiger partial charge on any atom is -0.309 e. The van der Waals surface area contributed by atoms with Gasteiger partial charge in [-0.25, -0.2) is 4.79 Å². The lowest BCUT2D eigenvalue weighted by atomic mass is 10.1. The molecule has 0 radical (unpaired) electrons. The molecule has 1 aromatic carbocycles. The predicted octanol–water partition coefficient (Wildman–Crippen LogP) is 1.99. The first-order valence-electron chi connectivity index (χ1n) is 7.72. The standard InChI is InChI=1S/C16H24N4O/c1-10(20(3)13-5-6-13)9-17-11(2)12-4-7-14-15(8-12)19-16(21)18-14/h4,7-8,10-11,13,17H,5-6,9H2,1-3H3,(H2,18,19,21). The van der Waals surface area contributed by atoms with Gasteiger partial charge in [-0.2, -0.15) is 0 Å². The topological polar surface area (TPSA) is 63.9 Å². The van der Waals surface area contributed by atoms with Crippen LogP contribution in [0.3, 0.4) is 0 Å². The SMILES string of the molecule is CC(NCC(C)N(C)C1CC1)c1ccc2[nH]c(=O)[nH]c2c1. The second kappa shape index (κ2) is 5.66. The molecule has 0 saturated heterocycles. The van der Waals surface area contributed by atoms with Crippen LogP contribution >= 0.6 is 0 Å². The molecule has 3 N–H and O–H groups in total. The number of nitrogens with zero attached hydrogens (tertiary/aromatic N) is 1. The van der Waals surface area contributed by atoms with E-state index in [4.69, 9.17) is 0 Å². The molecule has 3 rings (SSSR count). The lowest BCUT2D eigenvalue weighted by Gasteiger charge is -2.26. The van der Waals surface area contributed by atoms with Crippen LogP contribution in [0.1, 0.15) is 38.3 Å². The van der Waals surface area contributed by atoms with Crippen molar-refractivity contribution in [3.05, 3.63) is 34.2 Å². The molecule has 5 nitrogen and oxygen atoms in total. The molecule has 1 heterocycles. The summed E-state index contributed by atoms with van der Waals surface area (Å²) in [5, 5.41) is 3.59. The van der Waals surface area contributed by atoms with Gasteiger partial charge in [0.2, 0.25) is 0 Å². The van der Waals surface area contributed by atoms with Gasteiger partial charge in [0.15, 0.2) is 0 Å². The van der Waals surface area contributed by atoms with E-state index in [-0.39, 0.29) is 11.7 Å². The van der Waals surface area contributed by atoms with Crippen LogP contribution in [-0.4, -0.2) is 40.5 Å². The van der Waals surface area contributed by atoms with Gasteiger partial charge < -0.3 is 15.3 Å². The summed E-state index contributed by atoms with van der Waals surface area (Å²) < 4.78 is 0. The van der Waals surface area contributed by atoms with Crippen molar-refractivity contribution in [3.63, 3.8) is 0 Å². The van der Waals surface area contributed by atoms with Crippen molar-refractivity contribution in [1.29, 1.82) is 0 Å². The largest absolute Gasteiger partial charge is 0.323 e. The van der Waals surface area contributed by atoms with Gasteiger partial charge in [0.05, 0.1) is 11.0 Å². The Kier molecular flexibility index (Phi) is 3.87. The maximum atomic E-state index is 11.3. The summed E-state index contributed by atoms with van der Waals surface area (Å²) in [5.74, 6) is 0. The molecule has 1 aliphatic rings. The van der Waals surface area contributed by atoms with Crippen LogP contribution in [0.5, 0.6) is 0 Å². The van der Waals surface area contributed by atoms with Crippen molar-refractivity contribution >= 4 is 11.0 Å². The van der Waals surface area contributed by atoms with Crippen molar-refractivity contribution in [2.45, 2.75) is 44.8 Å². The number of hydrogen-bond donors (Lipinski definition) is 3. The van der Waals surface area contributed by atoms with Gasteiger partial charge in [0, 0.05) is 24.7 Å². The Hall–Kier alpha value is -1.59. The zero-order chi connectivity index (χ0) is 15.0. The van der Waals surface area contributed by atoms with Gasteiger partial charge in [-0.15, -0.1) is 0 Å². The zero-order valence-corrected chi connectivity index (χ0v) is 12.9. The summed E-state index contributed by atoms with van der Waals surface area (Å²) in [5.41, 5.74) is 2.77. The highest BCUT2D eigenvalue weighted by Crippen LogP contribution is 2.27. The highest BCUT2D eigenvalue weighted by molar-refractivity contribution is 5.75. The van der Waals surface area contributed by atoms with Gasteiger partial charge in [-0.3, -0.25) is 4.90 Å². The molecule has 1 aliphatic carbocycles.